The average Bonchev–Trinajstić information content (AvgIpc) is 2.35. The fraction of sp³-hybridized carbons (Fsp3) is 0.438. The standard InChI is InChI=1S/C16H21NO3/c1-11-4-6-15(14(8-11)5-7-16(18)19)17-9-12(2)20-13(3)10-17/h4-8,12-13H,9-10H2,1-3H3,(H,18,19)/b7-5+. The van der Waals surface area contributed by atoms with Crippen LogP contribution in [-0.2, 0) is 9.53 Å². The number of aliphatic carboxylic acids is 1. The van der Waals surface area contributed by atoms with Crippen LogP contribution >= 0.6 is 0 Å². The molecule has 1 aliphatic heterocycles. The molecule has 0 aliphatic carbocycles. The smallest absolute Gasteiger partial charge is 0.328 e. The van der Waals surface area contributed by atoms with E-state index in [4.69, 9.17) is 9.84 Å². The highest BCUT2D eigenvalue weighted by atomic mass is 16.5. The van der Waals surface area contributed by atoms with Gasteiger partial charge in [0, 0.05) is 24.9 Å². The summed E-state index contributed by atoms with van der Waals surface area (Å²) in [4.78, 5) is 13.0. The number of hydrogen-bond acceptors (Lipinski definition) is 3. The van der Waals surface area contributed by atoms with Gasteiger partial charge in [0.25, 0.3) is 0 Å². The molecule has 1 heterocycles. The van der Waals surface area contributed by atoms with Gasteiger partial charge in [-0.1, -0.05) is 11.6 Å². The van der Waals surface area contributed by atoms with E-state index in [-0.39, 0.29) is 12.2 Å². The first-order valence-corrected chi connectivity index (χ1v) is 6.88. The van der Waals surface area contributed by atoms with Crippen molar-refractivity contribution in [2.24, 2.45) is 0 Å². The summed E-state index contributed by atoms with van der Waals surface area (Å²) in [5.41, 5.74) is 3.12. The number of ether oxygens (including phenoxy) is 1. The molecule has 1 saturated heterocycles. The largest absolute Gasteiger partial charge is 0.478 e. The molecule has 1 aromatic carbocycles. The molecule has 0 amide bonds. The Morgan fingerprint density at radius 1 is 1.35 bits per heavy atom. The predicted octanol–water partition coefficient (Wildman–Crippen LogP) is 2.71. The first-order valence-electron chi connectivity index (χ1n) is 6.88. The number of morpholine rings is 1. The van der Waals surface area contributed by atoms with Crippen LogP contribution < -0.4 is 4.90 Å². The quantitative estimate of drug-likeness (QED) is 0.862. The van der Waals surface area contributed by atoms with E-state index in [0.717, 1.165) is 29.9 Å². The number of carboxylic acid groups (broad SMARTS) is 1. The van der Waals surface area contributed by atoms with Crippen LogP contribution in [0, 0.1) is 6.92 Å². The molecule has 0 saturated carbocycles. The number of carboxylic acids is 1. The van der Waals surface area contributed by atoms with E-state index in [1.807, 2.05) is 13.0 Å². The second kappa shape index (κ2) is 6.09. The van der Waals surface area contributed by atoms with Crippen molar-refractivity contribution in [1.29, 1.82) is 0 Å². The normalized spacial score (nSPS) is 23.2. The summed E-state index contributed by atoms with van der Waals surface area (Å²) in [6.45, 7) is 7.77. The van der Waals surface area contributed by atoms with Gasteiger partial charge in [-0.15, -0.1) is 0 Å². The van der Waals surface area contributed by atoms with Crippen LogP contribution in [0.2, 0.25) is 0 Å². The van der Waals surface area contributed by atoms with Gasteiger partial charge in [-0.25, -0.2) is 4.79 Å². The lowest BCUT2D eigenvalue weighted by atomic mass is 10.1. The Morgan fingerprint density at radius 2 is 2.00 bits per heavy atom. The molecule has 1 aliphatic rings. The number of benzene rings is 1. The third-order valence-electron chi connectivity index (χ3n) is 3.35. The second-order valence-electron chi connectivity index (χ2n) is 5.40. The zero-order valence-electron chi connectivity index (χ0n) is 12.2. The Kier molecular flexibility index (Phi) is 4.45. The van der Waals surface area contributed by atoms with Crippen LogP contribution in [-0.4, -0.2) is 36.4 Å². The van der Waals surface area contributed by atoms with Gasteiger partial charge in [0.2, 0.25) is 0 Å². The van der Waals surface area contributed by atoms with Gasteiger partial charge < -0.3 is 14.7 Å². The molecule has 2 rings (SSSR count). The van der Waals surface area contributed by atoms with Crippen LogP contribution in [0.1, 0.15) is 25.0 Å². The average molecular weight is 275 g/mol. The van der Waals surface area contributed by atoms with Crippen molar-refractivity contribution in [3.63, 3.8) is 0 Å². The topological polar surface area (TPSA) is 49.8 Å². The van der Waals surface area contributed by atoms with E-state index in [1.165, 1.54) is 6.08 Å². The third kappa shape index (κ3) is 3.61. The van der Waals surface area contributed by atoms with Gasteiger partial charge in [-0.05, 0) is 44.5 Å². The molecule has 20 heavy (non-hydrogen) atoms. The van der Waals surface area contributed by atoms with Crippen molar-refractivity contribution in [1.82, 2.24) is 0 Å². The van der Waals surface area contributed by atoms with Crippen LogP contribution in [0.15, 0.2) is 24.3 Å². The highest BCUT2D eigenvalue weighted by molar-refractivity contribution is 5.87. The van der Waals surface area contributed by atoms with E-state index >= 15 is 0 Å². The molecular weight excluding hydrogens is 254 g/mol. The maximum Gasteiger partial charge on any atom is 0.328 e. The number of anilines is 1. The summed E-state index contributed by atoms with van der Waals surface area (Å²) >= 11 is 0. The van der Waals surface area contributed by atoms with Gasteiger partial charge in [0.15, 0.2) is 0 Å². The lowest BCUT2D eigenvalue weighted by Gasteiger charge is -2.37. The Hall–Kier alpha value is -1.81. The highest BCUT2D eigenvalue weighted by Gasteiger charge is 2.23. The van der Waals surface area contributed by atoms with Gasteiger partial charge in [0.05, 0.1) is 12.2 Å². The molecule has 0 spiro atoms. The molecule has 0 radical (unpaired) electrons. The Labute approximate surface area is 119 Å². The molecule has 108 valence electrons. The van der Waals surface area contributed by atoms with E-state index in [1.54, 1.807) is 6.08 Å². The van der Waals surface area contributed by atoms with Crippen molar-refractivity contribution in [2.75, 3.05) is 18.0 Å². The summed E-state index contributed by atoms with van der Waals surface area (Å²) in [6, 6.07) is 6.12. The zero-order chi connectivity index (χ0) is 14.7. The van der Waals surface area contributed by atoms with E-state index in [0.29, 0.717) is 0 Å². The molecule has 4 nitrogen and oxygen atoms in total. The number of carbonyl (C=O) groups is 1. The number of aryl methyl sites for hydroxylation is 1. The molecule has 2 unspecified atom stereocenters. The van der Waals surface area contributed by atoms with E-state index in [9.17, 15) is 4.79 Å². The fourth-order valence-electron chi connectivity index (χ4n) is 2.63. The van der Waals surface area contributed by atoms with Crippen molar-refractivity contribution >= 4 is 17.7 Å². The van der Waals surface area contributed by atoms with Crippen LogP contribution in [0.25, 0.3) is 6.08 Å². The minimum Gasteiger partial charge on any atom is -0.478 e. The van der Waals surface area contributed by atoms with Gasteiger partial charge in [-0.3, -0.25) is 0 Å². The van der Waals surface area contributed by atoms with Gasteiger partial charge in [-0.2, -0.15) is 0 Å². The number of rotatable bonds is 3. The Bertz CT molecular complexity index is 514. The van der Waals surface area contributed by atoms with Crippen LogP contribution in [0.3, 0.4) is 0 Å². The fourth-order valence-corrected chi connectivity index (χ4v) is 2.63. The summed E-state index contributed by atoms with van der Waals surface area (Å²) < 4.78 is 5.75. The summed E-state index contributed by atoms with van der Waals surface area (Å²) in [6.07, 6.45) is 3.20. The summed E-state index contributed by atoms with van der Waals surface area (Å²) in [5.74, 6) is -0.929. The maximum atomic E-state index is 10.7. The zero-order valence-corrected chi connectivity index (χ0v) is 12.2. The van der Waals surface area contributed by atoms with E-state index < -0.39 is 5.97 Å². The Balaban J connectivity index is 2.32. The maximum absolute atomic E-state index is 10.7. The van der Waals surface area contributed by atoms with E-state index in [2.05, 4.69) is 30.9 Å². The first-order chi connectivity index (χ1) is 9.45. The molecule has 4 heteroatoms. The lowest BCUT2D eigenvalue weighted by molar-refractivity contribution is -0.131. The molecule has 0 bridgehead atoms. The Morgan fingerprint density at radius 3 is 2.60 bits per heavy atom. The van der Waals surface area contributed by atoms with Crippen molar-refractivity contribution in [3.8, 4) is 0 Å². The molecule has 2 atom stereocenters. The molecule has 1 N–H and O–H groups in total. The predicted molar refractivity (Wildman–Crippen MR) is 80.1 cm³/mol. The lowest BCUT2D eigenvalue weighted by Crippen LogP contribution is -2.45. The van der Waals surface area contributed by atoms with Gasteiger partial charge in [0.1, 0.15) is 0 Å². The van der Waals surface area contributed by atoms with Crippen LogP contribution in [0.4, 0.5) is 5.69 Å². The van der Waals surface area contributed by atoms with Crippen molar-refractivity contribution in [3.05, 3.63) is 35.4 Å². The van der Waals surface area contributed by atoms with Crippen molar-refractivity contribution in [2.45, 2.75) is 33.0 Å². The van der Waals surface area contributed by atoms with Gasteiger partial charge >= 0.3 is 5.97 Å². The van der Waals surface area contributed by atoms with Crippen LogP contribution in [0.5, 0.6) is 0 Å². The molecule has 1 aromatic rings. The minimum atomic E-state index is -0.929. The number of nitrogens with zero attached hydrogens (tertiary/aromatic N) is 1. The van der Waals surface area contributed by atoms with Crippen molar-refractivity contribution < 1.29 is 14.6 Å². The third-order valence-corrected chi connectivity index (χ3v) is 3.35. The number of hydrogen-bond donors (Lipinski definition) is 1. The summed E-state index contributed by atoms with van der Waals surface area (Å²) in [5, 5.41) is 8.81. The minimum absolute atomic E-state index is 0.177. The molecule has 0 aromatic heterocycles. The highest BCUT2D eigenvalue weighted by Crippen LogP contribution is 2.26. The first kappa shape index (κ1) is 14.6. The SMILES string of the molecule is Cc1ccc(N2CC(C)OC(C)C2)c(/C=C/C(=O)O)c1. The monoisotopic (exact) mass is 275 g/mol. The second-order valence-corrected chi connectivity index (χ2v) is 5.40. The molecule has 1 fully saturated rings. The summed E-state index contributed by atoms with van der Waals surface area (Å²) in [7, 11) is 0. The molecular formula is C16H21NO3.